The van der Waals surface area contributed by atoms with Crippen LogP contribution in [0.3, 0.4) is 0 Å². The van der Waals surface area contributed by atoms with Crippen molar-refractivity contribution < 1.29 is 38.4 Å². The van der Waals surface area contributed by atoms with Crippen LogP contribution in [0.4, 0.5) is 0 Å². The zero-order valence-corrected chi connectivity index (χ0v) is 21.8. The molecular weight excluding hydrogens is 494 g/mol. The Morgan fingerprint density at radius 3 is 2.32 bits per heavy atom. The molecule has 0 amide bonds. The van der Waals surface area contributed by atoms with E-state index in [2.05, 4.69) is 4.90 Å². The lowest BCUT2D eigenvalue weighted by Gasteiger charge is -2.29. The molecule has 38 heavy (non-hydrogen) atoms. The van der Waals surface area contributed by atoms with Crippen molar-refractivity contribution in [3.8, 4) is 28.7 Å². The molecule has 3 aromatic rings. The van der Waals surface area contributed by atoms with Crippen LogP contribution in [-0.4, -0.2) is 56.1 Å². The number of methoxy groups -OCH3 is 4. The molecule has 2 heterocycles. The monoisotopic (exact) mass is 525 g/mol. The van der Waals surface area contributed by atoms with Gasteiger partial charge in [0.2, 0.25) is 11.2 Å². The number of hydrogen-bond acceptors (Lipinski definition) is 10. The van der Waals surface area contributed by atoms with E-state index in [0.717, 1.165) is 17.5 Å². The van der Waals surface area contributed by atoms with Crippen LogP contribution in [0.15, 0.2) is 45.6 Å². The van der Waals surface area contributed by atoms with Crippen LogP contribution < -0.4 is 19.6 Å². The summed E-state index contributed by atoms with van der Waals surface area (Å²) in [5, 5.41) is 20.7. The Morgan fingerprint density at radius 2 is 1.66 bits per heavy atom. The van der Waals surface area contributed by atoms with E-state index in [9.17, 15) is 19.8 Å². The van der Waals surface area contributed by atoms with E-state index < -0.39 is 23.1 Å². The van der Waals surface area contributed by atoms with Gasteiger partial charge in [-0.2, -0.15) is 0 Å². The maximum absolute atomic E-state index is 12.8. The van der Waals surface area contributed by atoms with Crippen LogP contribution in [0.2, 0.25) is 0 Å². The average Bonchev–Trinajstić information content (AvgIpc) is 2.93. The van der Waals surface area contributed by atoms with Crippen LogP contribution in [0, 0.1) is 0 Å². The van der Waals surface area contributed by atoms with E-state index in [1.54, 1.807) is 20.3 Å². The number of aromatic hydroxyl groups is 2. The molecule has 10 nitrogen and oxygen atoms in total. The second-order valence-corrected chi connectivity index (χ2v) is 8.99. The minimum atomic E-state index is -0.858. The van der Waals surface area contributed by atoms with E-state index in [1.807, 2.05) is 12.1 Å². The maximum Gasteiger partial charge on any atom is 0.306 e. The van der Waals surface area contributed by atoms with Crippen molar-refractivity contribution >= 4 is 5.97 Å². The molecule has 1 aliphatic rings. The highest BCUT2D eigenvalue weighted by atomic mass is 16.5. The fraction of sp³-hybridized carbons (Fsp3) is 0.357. The molecule has 0 radical (unpaired) electrons. The number of carbonyl (C=O) groups excluding carboxylic acids is 1. The molecule has 10 heteroatoms. The number of rotatable bonds is 9. The number of nitrogens with zero attached hydrogens (tertiary/aromatic N) is 1. The molecule has 4 rings (SSSR count). The van der Waals surface area contributed by atoms with Crippen LogP contribution in [0.5, 0.6) is 28.7 Å². The second kappa shape index (κ2) is 11.5. The van der Waals surface area contributed by atoms with Gasteiger partial charge in [0.05, 0.1) is 47.3 Å². The van der Waals surface area contributed by atoms with Crippen LogP contribution in [0.1, 0.15) is 40.5 Å². The number of phenols is 1. The lowest BCUT2D eigenvalue weighted by molar-refractivity contribution is -0.140. The fourth-order valence-electron chi connectivity index (χ4n) is 4.69. The third-order valence-corrected chi connectivity index (χ3v) is 6.70. The molecule has 0 unspecified atom stereocenters. The topological polar surface area (TPSA) is 128 Å². The average molecular weight is 526 g/mol. The third-order valence-electron chi connectivity index (χ3n) is 6.70. The second-order valence-electron chi connectivity index (χ2n) is 8.99. The van der Waals surface area contributed by atoms with Gasteiger partial charge < -0.3 is 33.6 Å². The number of phenolic OH excluding ortho intramolecular Hbond substituents is 1. The normalized spacial score (nSPS) is 13.9. The summed E-state index contributed by atoms with van der Waals surface area (Å²) >= 11 is 0. The van der Waals surface area contributed by atoms with Crippen LogP contribution >= 0.6 is 0 Å². The van der Waals surface area contributed by atoms with Gasteiger partial charge in [0.1, 0.15) is 5.76 Å². The van der Waals surface area contributed by atoms with Gasteiger partial charge in [0.15, 0.2) is 28.8 Å². The molecule has 2 N–H and O–H groups in total. The number of ether oxygens (including phenoxy) is 4. The standard InChI is InChI=1S/C28H31NO9/c1-34-23-10-17(5-6-21(23)30)20(13-26(32)37-4)28-27(33)22(31)12-19(38-28)15-29-8-7-16-9-24(35-2)25(36-3)11-18(16)14-29/h5-6,9-12,20,30,33H,7-8,13-15H2,1-4H3/t20-/m1/s1. The number of benzene rings is 2. The third kappa shape index (κ3) is 5.55. The van der Waals surface area contributed by atoms with E-state index in [0.29, 0.717) is 42.5 Å². The molecule has 0 saturated heterocycles. The molecule has 0 spiro atoms. The van der Waals surface area contributed by atoms with Crippen molar-refractivity contribution in [2.45, 2.75) is 31.8 Å². The Labute approximate surface area is 219 Å². The molecule has 1 aromatic heterocycles. The zero-order valence-electron chi connectivity index (χ0n) is 21.8. The zero-order chi connectivity index (χ0) is 27.4. The first-order chi connectivity index (χ1) is 18.3. The quantitative estimate of drug-likeness (QED) is 0.402. The smallest absolute Gasteiger partial charge is 0.306 e. The van der Waals surface area contributed by atoms with Gasteiger partial charge >= 0.3 is 5.97 Å². The molecule has 202 valence electrons. The minimum Gasteiger partial charge on any atom is -0.504 e. The van der Waals surface area contributed by atoms with E-state index >= 15 is 0 Å². The number of carbonyl (C=O) groups is 1. The number of fused-ring (bicyclic) bond motifs is 1. The molecule has 2 aromatic carbocycles. The van der Waals surface area contributed by atoms with Crippen molar-refractivity contribution in [3.05, 3.63) is 74.8 Å². The van der Waals surface area contributed by atoms with Gasteiger partial charge in [0.25, 0.3) is 0 Å². The minimum absolute atomic E-state index is 0.0607. The number of hydrogen-bond donors (Lipinski definition) is 2. The van der Waals surface area contributed by atoms with Crippen molar-refractivity contribution in [2.75, 3.05) is 35.0 Å². The Balaban J connectivity index is 1.67. The first-order valence-corrected chi connectivity index (χ1v) is 12.0. The van der Waals surface area contributed by atoms with E-state index in [1.165, 1.54) is 32.4 Å². The van der Waals surface area contributed by atoms with Crippen molar-refractivity contribution in [2.24, 2.45) is 0 Å². The molecule has 0 aliphatic carbocycles. The largest absolute Gasteiger partial charge is 0.504 e. The summed E-state index contributed by atoms with van der Waals surface area (Å²) in [6.45, 7) is 1.61. The Bertz CT molecular complexity index is 1380. The predicted molar refractivity (Wildman–Crippen MR) is 137 cm³/mol. The summed E-state index contributed by atoms with van der Waals surface area (Å²) in [7, 11) is 5.84. The van der Waals surface area contributed by atoms with Crippen molar-refractivity contribution in [3.63, 3.8) is 0 Å². The predicted octanol–water partition coefficient (Wildman–Crippen LogP) is 3.33. The maximum atomic E-state index is 12.8. The molecule has 0 fully saturated rings. The molecular formula is C28H31NO9. The van der Waals surface area contributed by atoms with E-state index in [-0.39, 0.29) is 23.7 Å². The van der Waals surface area contributed by atoms with Gasteiger partial charge in [-0.1, -0.05) is 6.07 Å². The highest BCUT2D eigenvalue weighted by molar-refractivity contribution is 5.71. The van der Waals surface area contributed by atoms with Gasteiger partial charge in [-0.25, -0.2) is 0 Å². The van der Waals surface area contributed by atoms with Gasteiger partial charge in [-0.3, -0.25) is 14.5 Å². The van der Waals surface area contributed by atoms with Gasteiger partial charge in [0, 0.05) is 19.2 Å². The van der Waals surface area contributed by atoms with Crippen molar-refractivity contribution in [1.29, 1.82) is 0 Å². The van der Waals surface area contributed by atoms with Crippen LogP contribution in [-0.2, 0) is 29.0 Å². The summed E-state index contributed by atoms with van der Waals surface area (Å²) in [6, 6.07) is 9.69. The van der Waals surface area contributed by atoms with Crippen molar-refractivity contribution in [1.82, 2.24) is 4.90 Å². The summed E-state index contributed by atoms with van der Waals surface area (Å²) < 4.78 is 27.0. The fourth-order valence-corrected chi connectivity index (χ4v) is 4.69. The van der Waals surface area contributed by atoms with Gasteiger partial charge in [-0.05, 0) is 47.4 Å². The summed E-state index contributed by atoms with van der Waals surface area (Å²) in [6.07, 6.45) is 0.562. The Hall–Kier alpha value is -4.18. The Kier molecular flexibility index (Phi) is 8.11. The molecule has 0 saturated carbocycles. The van der Waals surface area contributed by atoms with Gasteiger partial charge in [-0.15, -0.1) is 0 Å². The summed E-state index contributed by atoms with van der Waals surface area (Å²) in [5.41, 5.74) is 2.11. The lowest BCUT2D eigenvalue weighted by atomic mass is 9.91. The summed E-state index contributed by atoms with van der Waals surface area (Å²) in [4.78, 5) is 27.2. The van der Waals surface area contributed by atoms with Crippen LogP contribution in [0.25, 0.3) is 0 Å². The highest BCUT2D eigenvalue weighted by Crippen LogP contribution is 2.38. The van der Waals surface area contributed by atoms with E-state index in [4.69, 9.17) is 23.4 Å². The highest BCUT2D eigenvalue weighted by Gasteiger charge is 2.28. The first kappa shape index (κ1) is 26.9. The molecule has 1 aliphatic heterocycles. The molecule has 0 bridgehead atoms. The lowest BCUT2D eigenvalue weighted by Crippen LogP contribution is -2.30. The SMILES string of the molecule is COC(=O)C[C@H](c1ccc(O)c(OC)c1)c1oc(CN2CCc3cc(OC)c(OC)cc3C2)cc(=O)c1O. The summed E-state index contributed by atoms with van der Waals surface area (Å²) in [5.74, 6) is -0.327. The number of esters is 1. The Morgan fingerprint density at radius 1 is 0.974 bits per heavy atom. The molecule has 1 atom stereocenters. The first-order valence-electron chi connectivity index (χ1n) is 12.0.